The van der Waals surface area contributed by atoms with Crippen molar-refractivity contribution in [2.45, 2.75) is 43.8 Å². The monoisotopic (exact) mass is 600 g/mol. The third-order valence-corrected chi connectivity index (χ3v) is 8.58. The maximum absolute atomic E-state index is 13.6. The maximum atomic E-state index is 13.6. The Hall–Kier alpha value is -3.97. The summed E-state index contributed by atoms with van der Waals surface area (Å²) in [5.74, 6) is -2.36. The van der Waals surface area contributed by atoms with E-state index in [1.54, 1.807) is 54.6 Å². The number of morpholine rings is 1. The van der Waals surface area contributed by atoms with Crippen LogP contribution in [0.2, 0.25) is 0 Å². The van der Waals surface area contributed by atoms with Gasteiger partial charge in [0.15, 0.2) is 21.8 Å². The Bertz CT molecular complexity index is 1330. The third kappa shape index (κ3) is 9.02. The normalized spacial score (nSPS) is 18.5. The zero-order chi connectivity index (χ0) is 30.0. The number of sulfone groups is 1. The van der Waals surface area contributed by atoms with Crippen molar-refractivity contribution in [3.05, 3.63) is 71.8 Å². The fraction of sp³-hybridized carbons (Fsp3) is 0.448. The number of urea groups is 1. The second-order valence-corrected chi connectivity index (χ2v) is 12.3. The number of benzene rings is 2. The smallest absolute Gasteiger partial charge is 0.412 e. The van der Waals surface area contributed by atoms with Crippen molar-refractivity contribution >= 4 is 33.7 Å². The fourth-order valence-corrected chi connectivity index (χ4v) is 6.31. The quantitative estimate of drug-likeness (QED) is 0.443. The SMILES string of the molecule is O=C(NC1C(=O)CCCCN1C(=O)OCc1ccccc1)C(CS(=O)(=O)Cc1ccccc1)NC(=O)N1CCOCC1. The largest absolute Gasteiger partial charge is 0.444 e. The first-order valence-electron chi connectivity index (χ1n) is 13.9. The molecule has 2 aliphatic heterocycles. The van der Waals surface area contributed by atoms with Gasteiger partial charge in [-0.25, -0.2) is 18.0 Å². The Labute approximate surface area is 245 Å². The van der Waals surface area contributed by atoms with Crippen LogP contribution in [0, 0.1) is 0 Å². The van der Waals surface area contributed by atoms with Crippen LogP contribution in [0.1, 0.15) is 30.4 Å². The minimum absolute atomic E-state index is 0.0268. The Morgan fingerprint density at radius 2 is 1.57 bits per heavy atom. The summed E-state index contributed by atoms with van der Waals surface area (Å²) in [6.07, 6.45) is -1.02. The molecule has 4 rings (SSSR count). The second kappa shape index (κ2) is 14.8. The molecule has 2 atom stereocenters. The van der Waals surface area contributed by atoms with Gasteiger partial charge in [0.05, 0.1) is 24.7 Å². The predicted octanol–water partition coefficient (Wildman–Crippen LogP) is 1.85. The van der Waals surface area contributed by atoms with Crippen molar-refractivity contribution in [3.63, 3.8) is 0 Å². The number of rotatable bonds is 9. The number of carbonyl (C=O) groups is 4. The van der Waals surface area contributed by atoms with Gasteiger partial charge in [0.25, 0.3) is 0 Å². The minimum Gasteiger partial charge on any atom is -0.444 e. The van der Waals surface area contributed by atoms with Crippen LogP contribution in [-0.4, -0.2) is 92.8 Å². The van der Waals surface area contributed by atoms with Crippen molar-refractivity contribution in [3.8, 4) is 0 Å². The lowest BCUT2D eigenvalue weighted by atomic mass is 10.1. The molecule has 2 N–H and O–H groups in total. The van der Waals surface area contributed by atoms with E-state index in [2.05, 4.69) is 10.6 Å². The van der Waals surface area contributed by atoms with Gasteiger partial charge >= 0.3 is 12.1 Å². The lowest BCUT2D eigenvalue weighted by Gasteiger charge is -2.31. The molecule has 2 aromatic carbocycles. The van der Waals surface area contributed by atoms with Crippen LogP contribution in [0.25, 0.3) is 0 Å². The highest BCUT2D eigenvalue weighted by atomic mass is 32.2. The van der Waals surface area contributed by atoms with E-state index in [4.69, 9.17) is 9.47 Å². The Morgan fingerprint density at radius 1 is 0.929 bits per heavy atom. The molecule has 42 heavy (non-hydrogen) atoms. The zero-order valence-corrected chi connectivity index (χ0v) is 24.1. The van der Waals surface area contributed by atoms with E-state index < -0.39 is 51.6 Å². The third-order valence-electron chi connectivity index (χ3n) is 6.97. The standard InChI is InChI=1S/C29H36N4O8S/c34-25-13-7-8-14-33(29(37)41-19-22-9-3-1-4-10-22)26(25)31-27(35)24(30-28(36)32-15-17-40-18-16-32)21-42(38,39)20-23-11-5-2-6-12-23/h1-6,9-12,24,26H,7-8,13-21H2,(H,30,36)(H,31,35). The number of nitrogens with zero attached hydrogens (tertiary/aromatic N) is 2. The van der Waals surface area contributed by atoms with E-state index in [9.17, 15) is 27.6 Å². The topological polar surface area (TPSA) is 151 Å². The number of nitrogens with one attached hydrogen (secondary N) is 2. The number of hydrogen-bond acceptors (Lipinski definition) is 8. The van der Waals surface area contributed by atoms with Crippen LogP contribution in [0.15, 0.2) is 60.7 Å². The lowest BCUT2D eigenvalue weighted by Crippen LogP contribution is -2.61. The summed E-state index contributed by atoms with van der Waals surface area (Å²) in [5.41, 5.74) is 1.28. The number of amides is 4. The summed E-state index contributed by atoms with van der Waals surface area (Å²) in [7, 11) is -3.89. The molecule has 2 aromatic rings. The van der Waals surface area contributed by atoms with Crippen molar-refractivity contribution in [2.24, 2.45) is 0 Å². The van der Waals surface area contributed by atoms with Gasteiger partial charge in [-0.05, 0) is 24.0 Å². The van der Waals surface area contributed by atoms with Crippen molar-refractivity contribution in [1.29, 1.82) is 0 Å². The van der Waals surface area contributed by atoms with Crippen molar-refractivity contribution < 1.29 is 37.1 Å². The Balaban J connectivity index is 1.51. The van der Waals surface area contributed by atoms with Crippen LogP contribution in [0.3, 0.4) is 0 Å². The molecule has 2 aliphatic rings. The summed E-state index contributed by atoms with van der Waals surface area (Å²) in [6.45, 7) is 1.31. The van der Waals surface area contributed by atoms with Crippen LogP contribution >= 0.6 is 0 Å². The number of ketones is 1. The number of likely N-dealkylation sites (tertiary alicyclic amines) is 1. The average molecular weight is 601 g/mol. The van der Waals surface area contributed by atoms with Crippen LogP contribution in [-0.2, 0) is 41.3 Å². The first-order valence-corrected chi connectivity index (χ1v) is 15.7. The molecule has 2 heterocycles. The Morgan fingerprint density at radius 3 is 2.24 bits per heavy atom. The van der Waals surface area contributed by atoms with E-state index in [1.807, 2.05) is 6.07 Å². The molecule has 2 fully saturated rings. The summed E-state index contributed by atoms with van der Waals surface area (Å²) < 4.78 is 37.0. The number of carbonyl (C=O) groups excluding carboxylic acids is 4. The molecule has 0 saturated carbocycles. The van der Waals surface area contributed by atoms with E-state index in [-0.39, 0.29) is 38.4 Å². The molecule has 0 aliphatic carbocycles. The molecule has 0 bridgehead atoms. The van der Waals surface area contributed by atoms with Crippen molar-refractivity contribution in [1.82, 2.24) is 20.4 Å². The van der Waals surface area contributed by atoms with Crippen LogP contribution < -0.4 is 10.6 Å². The first kappa shape index (κ1) is 31.0. The van der Waals surface area contributed by atoms with Gasteiger partial charge in [0, 0.05) is 26.1 Å². The molecule has 4 amide bonds. The zero-order valence-electron chi connectivity index (χ0n) is 23.3. The van der Waals surface area contributed by atoms with Gasteiger partial charge in [-0.2, -0.15) is 0 Å². The molecular weight excluding hydrogens is 564 g/mol. The highest BCUT2D eigenvalue weighted by Crippen LogP contribution is 2.16. The van der Waals surface area contributed by atoms with Gasteiger partial charge in [-0.15, -0.1) is 0 Å². The fourth-order valence-electron chi connectivity index (χ4n) is 4.74. The van der Waals surface area contributed by atoms with Gasteiger partial charge in [0.2, 0.25) is 5.91 Å². The second-order valence-electron chi connectivity index (χ2n) is 10.2. The van der Waals surface area contributed by atoms with Gasteiger partial charge < -0.3 is 25.0 Å². The maximum Gasteiger partial charge on any atom is 0.412 e. The molecule has 226 valence electrons. The van der Waals surface area contributed by atoms with Gasteiger partial charge in [-0.1, -0.05) is 60.7 Å². The molecule has 13 heteroatoms. The summed E-state index contributed by atoms with van der Waals surface area (Å²) in [6, 6.07) is 15.4. The average Bonchev–Trinajstić information content (AvgIpc) is 3.17. The number of hydrogen-bond donors (Lipinski definition) is 2. The van der Waals surface area contributed by atoms with E-state index in [0.29, 0.717) is 31.6 Å². The molecular formula is C29H36N4O8S. The Kier molecular flexibility index (Phi) is 10.9. The molecule has 2 unspecified atom stereocenters. The summed E-state index contributed by atoms with van der Waals surface area (Å²) in [5, 5.41) is 5.08. The molecule has 0 aromatic heterocycles. The summed E-state index contributed by atoms with van der Waals surface area (Å²) >= 11 is 0. The van der Waals surface area contributed by atoms with Crippen molar-refractivity contribution in [2.75, 3.05) is 38.6 Å². The van der Waals surface area contributed by atoms with E-state index in [1.165, 1.54) is 4.90 Å². The number of ether oxygens (including phenoxy) is 2. The first-order chi connectivity index (χ1) is 20.2. The highest BCUT2D eigenvalue weighted by Gasteiger charge is 2.37. The molecule has 0 radical (unpaired) electrons. The minimum atomic E-state index is -3.89. The van der Waals surface area contributed by atoms with Gasteiger partial charge in [-0.3, -0.25) is 14.5 Å². The lowest BCUT2D eigenvalue weighted by molar-refractivity contribution is -0.131. The molecule has 12 nitrogen and oxygen atoms in total. The van der Waals surface area contributed by atoms with Crippen LogP contribution in [0.5, 0.6) is 0 Å². The molecule has 2 saturated heterocycles. The van der Waals surface area contributed by atoms with Gasteiger partial charge in [0.1, 0.15) is 12.6 Å². The van der Waals surface area contributed by atoms with E-state index >= 15 is 0 Å². The highest BCUT2D eigenvalue weighted by molar-refractivity contribution is 7.90. The molecule has 0 spiro atoms. The van der Waals surface area contributed by atoms with E-state index in [0.717, 1.165) is 10.5 Å². The number of Topliss-reactive ketones (excluding diaryl/α,β-unsaturated/α-hetero) is 1. The van der Waals surface area contributed by atoms with Crippen LogP contribution in [0.4, 0.5) is 9.59 Å². The predicted molar refractivity (Wildman–Crippen MR) is 153 cm³/mol. The summed E-state index contributed by atoms with van der Waals surface area (Å²) in [4.78, 5) is 55.3.